The largest absolute Gasteiger partial charge is 0.396 e. The van der Waals surface area contributed by atoms with Crippen LogP contribution in [0.3, 0.4) is 0 Å². The molecule has 0 aliphatic rings. The highest BCUT2D eigenvalue weighted by molar-refractivity contribution is 7.18. The topological polar surface area (TPSA) is 90.9 Å². The average Bonchev–Trinajstić information content (AvgIpc) is 2.74. The van der Waals surface area contributed by atoms with Crippen molar-refractivity contribution in [3.63, 3.8) is 0 Å². The fourth-order valence-corrected chi connectivity index (χ4v) is 2.76. The third-order valence-electron chi connectivity index (χ3n) is 2.81. The lowest BCUT2D eigenvalue weighted by atomic mass is 10.2. The summed E-state index contributed by atoms with van der Waals surface area (Å²) in [6.45, 7) is 2.96. The van der Waals surface area contributed by atoms with Crippen molar-refractivity contribution in [3.05, 3.63) is 10.4 Å². The van der Waals surface area contributed by atoms with E-state index in [1.54, 1.807) is 7.05 Å². The predicted molar refractivity (Wildman–Crippen MR) is 79.5 cm³/mol. The summed E-state index contributed by atoms with van der Waals surface area (Å²) < 4.78 is 0. The minimum absolute atomic E-state index is 0.252. The van der Waals surface area contributed by atoms with E-state index in [1.807, 2.05) is 0 Å². The number of anilines is 2. The van der Waals surface area contributed by atoms with Crippen molar-refractivity contribution in [2.24, 2.45) is 0 Å². The molecule has 0 aliphatic carbocycles. The summed E-state index contributed by atoms with van der Waals surface area (Å²) in [4.78, 5) is 12.0. The van der Waals surface area contributed by atoms with Crippen molar-refractivity contribution >= 4 is 27.9 Å². The molecule has 0 radical (unpaired) electrons. The van der Waals surface area contributed by atoms with Gasteiger partial charge >= 0.3 is 0 Å². The second kappa shape index (κ2) is 7.64. The molecule has 1 heterocycles. The smallest absolute Gasteiger partial charge is 0.263 e. The summed E-state index contributed by atoms with van der Waals surface area (Å²) in [5.74, 6) is -0.252. The molecule has 1 aromatic rings. The van der Waals surface area contributed by atoms with Gasteiger partial charge in [0.2, 0.25) is 0 Å². The molecule has 1 aromatic heterocycles. The number of nitrogens with two attached hydrogens (primary N) is 1. The van der Waals surface area contributed by atoms with Gasteiger partial charge in [0.05, 0.1) is 5.69 Å². The van der Waals surface area contributed by atoms with Crippen LogP contribution in [-0.2, 0) is 0 Å². The van der Waals surface area contributed by atoms with Gasteiger partial charge in [0.25, 0.3) is 5.91 Å². The number of carbonyl (C=O) groups is 1. The maximum absolute atomic E-state index is 11.6. The molecule has 104 valence electrons. The van der Waals surface area contributed by atoms with Crippen molar-refractivity contribution in [3.8, 4) is 6.07 Å². The lowest BCUT2D eigenvalue weighted by Crippen LogP contribution is -2.17. The maximum Gasteiger partial charge on any atom is 0.263 e. The summed E-state index contributed by atoms with van der Waals surface area (Å²) in [5, 5.41) is 15.5. The van der Waals surface area contributed by atoms with Gasteiger partial charge in [-0.2, -0.15) is 5.26 Å². The van der Waals surface area contributed by atoms with Crippen LogP contribution in [0.5, 0.6) is 0 Å². The number of thiophene rings is 1. The van der Waals surface area contributed by atoms with Crippen molar-refractivity contribution in [1.29, 1.82) is 5.26 Å². The Labute approximate surface area is 117 Å². The molecule has 0 saturated carbocycles. The van der Waals surface area contributed by atoms with Crippen molar-refractivity contribution in [2.45, 2.75) is 32.6 Å². The zero-order valence-electron chi connectivity index (χ0n) is 11.4. The molecule has 1 rings (SSSR count). The number of nitrogens with one attached hydrogen (secondary N) is 2. The van der Waals surface area contributed by atoms with Crippen LogP contribution in [0, 0.1) is 11.3 Å². The van der Waals surface area contributed by atoms with Crippen LogP contribution in [-0.4, -0.2) is 19.5 Å². The van der Waals surface area contributed by atoms with Gasteiger partial charge in [0.15, 0.2) is 0 Å². The number of nitriles is 1. The lowest BCUT2D eigenvalue weighted by Gasteiger charge is -2.03. The minimum Gasteiger partial charge on any atom is -0.396 e. The summed E-state index contributed by atoms with van der Waals surface area (Å²) >= 11 is 1.24. The molecule has 0 spiro atoms. The van der Waals surface area contributed by atoms with Crippen molar-refractivity contribution in [1.82, 2.24) is 5.32 Å². The second-order valence-electron chi connectivity index (χ2n) is 4.23. The van der Waals surface area contributed by atoms with Gasteiger partial charge in [0, 0.05) is 13.6 Å². The van der Waals surface area contributed by atoms with E-state index in [1.165, 1.54) is 24.2 Å². The Morgan fingerprint density at radius 2 is 2.16 bits per heavy atom. The fraction of sp³-hybridized carbons (Fsp3) is 0.538. The van der Waals surface area contributed by atoms with Crippen LogP contribution in [0.15, 0.2) is 0 Å². The van der Waals surface area contributed by atoms with Gasteiger partial charge in [-0.05, 0) is 6.42 Å². The third kappa shape index (κ3) is 3.86. The van der Waals surface area contributed by atoms with Crippen LogP contribution in [0.25, 0.3) is 0 Å². The first kappa shape index (κ1) is 15.3. The summed E-state index contributed by atoms with van der Waals surface area (Å²) in [6.07, 6.45) is 4.61. The Morgan fingerprint density at radius 3 is 2.74 bits per heavy atom. The molecule has 5 nitrogen and oxygen atoms in total. The molecule has 0 aliphatic heterocycles. The highest BCUT2D eigenvalue weighted by Crippen LogP contribution is 2.35. The zero-order valence-corrected chi connectivity index (χ0v) is 12.2. The van der Waals surface area contributed by atoms with Gasteiger partial charge in [-0.25, -0.2) is 0 Å². The molecule has 6 heteroatoms. The monoisotopic (exact) mass is 280 g/mol. The van der Waals surface area contributed by atoms with E-state index in [2.05, 4.69) is 23.6 Å². The number of hydrogen-bond donors (Lipinski definition) is 3. The fourth-order valence-electron chi connectivity index (χ4n) is 1.72. The van der Waals surface area contributed by atoms with E-state index in [0.29, 0.717) is 15.4 Å². The SMILES string of the molecule is CCCCCCNc1sc(C(=O)NC)c(N)c1C#N. The number of amides is 1. The Morgan fingerprint density at radius 1 is 1.42 bits per heavy atom. The molecule has 0 atom stereocenters. The molecule has 1 amide bonds. The summed E-state index contributed by atoms with van der Waals surface area (Å²) in [6, 6.07) is 2.06. The molecule has 0 unspecified atom stereocenters. The summed E-state index contributed by atoms with van der Waals surface area (Å²) in [5.41, 5.74) is 6.47. The van der Waals surface area contributed by atoms with Gasteiger partial charge in [-0.3, -0.25) is 4.79 Å². The second-order valence-corrected chi connectivity index (χ2v) is 5.25. The lowest BCUT2D eigenvalue weighted by molar-refractivity contribution is 0.0968. The first-order valence-electron chi connectivity index (χ1n) is 6.44. The minimum atomic E-state index is -0.252. The number of rotatable bonds is 7. The Bertz CT molecular complexity index is 476. The van der Waals surface area contributed by atoms with E-state index >= 15 is 0 Å². The Kier molecular flexibility index (Phi) is 6.16. The summed E-state index contributed by atoms with van der Waals surface area (Å²) in [7, 11) is 1.55. The average molecular weight is 280 g/mol. The predicted octanol–water partition coefficient (Wildman–Crippen LogP) is 2.55. The molecular formula is C13H20N4OS. The van der Waals surface area contributed by atoms with Crippen LogP contribution in [0.1, 0.15) is 47.8 Å². The van der Waals surface area contributed by atoms with Crippen LogP contribution in [0.4, 0.5) is 10.7 Å². The Hall–Kier alpha value is -1.74. The van der Waals surface area contributed by atoms with E-state index in [0.717, 1.165) is 19.4 Å². The molecule has 0 bridgehead atoms. The van der Waals surface area contributed by atoms with Gasteiger partial charge in [-0.15, -0.1) is 11.3 Å². The number of hydrogen-bond acceptors (Lipinski definition) is 5. The van der Waals surface area contributed by atoms with Crippen LogP contribution < -0.4 is 16.4 Å². The van der Waals surface area contributed by atoms with Gasteiger partial charge < -0.3 is 16.4 Å². The molecule has 0 saturated heterocycles. The van der Waals surface area contributed by atoms with Crippen molar-refractivity contribution in [2.75, 3.05) is 24.6 Å². The first-order valence-corrected chi connectivity index (χ1v) is 7.25. The number of nitrogens with zero attached hydrogens (tertiary/aromatic N) is 1. The standard InChI is InChI=1S/C13H20N4OS/c1-3-4-5-6-7-17-13-9(8-14)10(15)11(19-13)12(18)16-2/h17H,3-7,15H2,1-2H3,(H,16,18). The molecule has 0 fully saturated rings. The molecule has 19 heavy (non-hydrogen) atoms. The van der Waals surface area contributed by atoms with E-state index in [9.17, 15) is 4.79 Å². The maximum atomic E-state index is 11.6. The van der Waals surface area contributed by atoms with Gasteiger partial charge in [0.1, 0.15) is 21.5 Å². The van der Waals surface area contributed by atoms with Crippen molar-refractivity contribution < 1.29 is 4.79 Å². The first-order chi connectivity index (χ1) is 9.15. The number of unbranched alkanes of at least 4 members (excludes halogenated alkanes) is 3. The quantitative estimate of drug-likeness (QED) is 0.669. The van der Waals surface area contributed by atoms with Crippen LogP contribution >= 0.6 is 11.3 Å². The number of nitrogen functional groups attached to an aromatic ring is 1. The molecule has 4 N–H and O–H groups in total. The van der Waals surface area contributed by atoms with E-state index < -0.39 is 0 Å². The normalized spacial score (nSPS) is 9.95. The van der Waals surface area contributed by atoms with E-state index in [4.69, 9.17) is 11.0 Å². The zero-order chi connectivity index (χ0) is 14.3. The van der Waals surface area contributed by atoms with E-state index in [-0.39, 0.29) is 11.6 Å². The van der Waals surface area contributed by atoms with Crippen LogP contribution in [0.2, 0.25) is 0 Å². The molecular weight excluding hydrogens is 260 g/mol. The highest BCUT2D eigenvalue weighted by atomic mass is 32.1. The Balaban J connectivity index is 2.73. The highest BCUT2D eigenvalue weighted by Gasteiger charge is 2.19. The number of carbonyl (C=O) groups excluding carboxylic acids is 1. The van der Waals surface area contributed by atoms with Gasteiger partial charge in [-0.1, -0.05) is 26.2 Å². The third-order valence-corrected chi connectivity index (χ3v) is 3.97. The molecule has 0 aromatic carbocycles.